The molecule has 1 aliphatic rings. The summed E-state index contributed by atoms with van der Waals surface area (Å²) in [5, 5.41) is 0. The molecule has 0 bridgehead atoms. The number of nitrogens with zero attached hydrogens (tertiary/aromatic N) is 2. The molecule has 0 atom stereocenters. The van der Waals surface area contributed by atoms with Gasteiger partial charge in [-0.2, -0.15) is 0 Å². The lowest BCUT2D eigenvalue weighted by molar-refractivity contribution is 0.0695. The van der Waals surface area contributed by atoms with Crippen molar-refractivity contribution in [3.63, 3.8) is 0 Å². The van der Waals surface area contributed by atoms with E-state index in [9.17, 15) is 4.79 Å². The number of halogens is 1. The van der Waals surface area contributed by atoms with E-state index in [1.165, 1.54) is 19.3 Å². The molecule has 3 nitrogen and oxygen atoms in total. The largest absolute Gasteiger partial charge is 0.339 e. The number of rotatable bonds is 2. The van der Waals surface area contributed by atoms with Crippen LogP contribution < -0.4 is 0 Å². The Balaban J connectivity index is 2.11. The van der Waals surface area contributed by atoms with Gasteiger partial charge in [-0.3, -0.25) is 4.79 Å². The fraction of sp³-hybridized carbons (Fsp3) is 0.538. The average Bonchev–Trinajstić information content (AvgIpc) is 2.39. The van der Waals surface area contributed by atoms with Crippen molar-refractivity contribution in [3.8, 4) is 0 Å². The standard InChI is InChI=1S/C13H17BrN2O/c1-16(10-6-3-2-4-7-10)13(17)11-8-5-9-15-12(11)14/h5,8-10H,2-4,6-7H2,1H3. The van der Waals surface area contributed by atoms with Crippen molar-refractivity contribution in [1.29, 1.82) is 0 Å². The maximum absolute atomic E-state index is 12.3. The number of amides is 1. The SMILES string of the molecule is CN(C(=O)c1cccnc1Br)C1CCCCC1. The number of hydrogen-bond donors (Lipinski definition) is 0. The number of pyridine rings is 1. The summed E-state index contributed by atoms with van der Waals surface area (Å²) in [5.74, 6) is 0.0666. The molecule has 0 aliphatic heterocycles. The van der Waals surface area contributed by atoms with E-state index in [2.05, 4.69) is 20.9 Å². The van der Waals surface area contributed by atoms with Crippen LogP contribution in [-0.4, -0.2) is 28.9 Å². The van der Waals surface area contributed by atoms with Gasteiger partial charge in [0.25, 0.3) is 5.91 Å². The second-order valence-corrected chi connectivity index (χ2v) is 5.30. The van der Waals surface area contributed by atoms with E-state index >= 15 is 0 Å². The van der Waals surface area contributed by atoms with Crippen molar-refractivity contribution in [2.45, 2.75) is 38.1 Å². The second-order valence-electron chi connectivity index (χ2n) is 4.55. The van der Waals surface area contributed by atoms with Gasteiger partial charge in [0.2, 0.25) is 0 Å². The van der Waals surface area contributed by atoms with Crippen LogP contribution in [0.15, 0.2) is 22.9 Å². The van der Waals surface area contributed by atoms with Crippen LogP contribution in [0, 0.1) is 0 Å². The molecule has 2 rings (SSSR count). The number of hydrogen-bond acceptors (Lipinski definition) is 2. The van der Waals surface area contributed by atoms with Crippen LogP contribution >= 0.6 is 15.9 Å². The summed E-state index contributed by atoms with van der Waals surface area (Å²) >= 11 is 3.33. The van der Waals surface area contributed by atoms with Gasteiger partial charge in [0.05, 0.1) is 5.56 Å². The zero-order valence-corrected chi connectivity index (χ0v) is 11.6. The molecule has 4 heteroatoms. The van der Waals surface area contributed by atoms with Gasteiger partial charge in [0.15, 0.2) is 0 Å². The summed E-state index contributed by atoms with van der Waals surface area (Å²) in [6, 6.07) is 4.01. The molecule has 0 radical (unpaired) electrons. The number of aromatic nitrogens is 1. The minimum absolute atomic E-state index is 0.0666. The van der Waals surface area contributed by atoms with Gasteiger partial charge in [-0.15, -0.1) is 0 Å². The quantitative estimate of drug-likeness (QED) is 0.785. The maximum Gasteiger partial charge on any atom is 0.256 e. The smallest absolute Gasteiger partial charge is 0.256 e. The highest BCUT2D eigenvalue weighted by atomic mass is 79.9. The molecular formula is C13H17BrN2O. The summed E-state index contributed by atoms with van der Waals surface area (Å²) in [5.41, 5.74) is 0.653. The van der Waals surface area contributed by atoms with Crippen LogP contribution in [-0.2, 0) is 0 Å². The highest BCUT2D eigenvalue weighted by molar-refractivity contribution is 9.10. The van der Waals surface area contributed by atoms with E-state index in [4.69, 9.17) is 0 Å². The molecule has 1 amide bonds. The first kappa shape index (κ1) is 12.6. The Morgan fingerprint density at radius 3 is 2.76 bits per heavy atom. The first-order valence-electron chi connectivity index (χ1n) is 6.08. The molecule has 1 aromatic heterocycles. The number of carbonyl (C=O) groups is 1. The van der Waals surface area contributed by atoms with Crippen molar-refractivity contribution < 1.29 is 4.79 Å². The molecule has 0 aromatic carbocycles. The molecule has 0 saturated heterocycles. The predicted molar refractivity (Wildman–Crippen MR) is 70.9 cm³/mol. The van der Waals surface area contributed by atoms with Gasteiger partial charge in [0.1, 0.15) is 4.60 Å². The molecule has 1 fully saturated rings. The summed E-state index contributed by atoms with van der Waals surface area (Å²) in [6.45, 7) is 0. The lowest BCUT2D eigenvalue weighted by Gasteiger charge is -2.31. The zero-order chi connectivity index (χ0) is 12.3. The minimum atomic E-state index is 0.0666. The van der Waals surface area contributed by atoms with Crippen molar-refractivity contribution in [2.75, 3.05) is 7.05 Å². The van der Waals surface area contributed by atoms with E-state index in [1.54, 1.807) is 12.3 Å². The van der Waals surface area contributed by atoms with Crippen LogP contribution in [0.5, 0.6) is 0 Å². The number of carbonyl (C=O) groups excluding carboxylic acids is 1. The molecule has 1 aromatic rings. The Morgan fingerprint density at radius 2 is 2.12 bits per heavy atom. The van der Waals surface area contributed by atoms with Gasteiger partial charge in [-0.25, -0.2) is 4.98 Å². The molecule has 1 aliphatic carbocycles. The van der Waals surface area contributed by atoms with E-state index in [0.717, 1.165) is 12.8 Å². The van der Waals surface area contributed by atoms with Gasteiger partial charge in [-0.1, -0.05) is 19.3 Å². The summed E-state index contributed by atoms with van der Waals surface area (Å²) in [6.07, 6.45) is 7.70. The monoisotopic (exact) mass is 296 g/mol. The molecule has 0 unspecified atom stereocenters. The first-order chi connectivity index (χ1) is 8.20. The third-order valence-electron chi connectivity index (χ3n) is 3.43. The lowest BCUT2D eigenvalue weighted by atomic mass is 9.94. The normalized spacial score (nSPS) is 16.8. The van der Waals surface area contributed by atoms with Crippen LogP contribution in [0.25, 0.3) is 0 Å². The summed E-state index contributed by atoms with van der Waals surface area (Å²) < 4.78 is 0.632. The Kier molecular flexibility index (Phi) is 4.15. The van der Waals surface area contributed by atoms with E-state index in [-0.39, 0.29) is 5.91 Å². The second kappa shape index (κ2) is 5.63. The van der Waals surface area contributed by atoms with E-state index in [0.29, 0.717) is 16.2 Å². The first-order valence-corrected chi connectivity index (χ1v) is 6.87. The van der Waals surface area contributed by atoms with Gasteiger partial charge in [-0.05, 0) is 40.9 Å². The molecule has 1 heterocycles. The Morgan fingerprint density at radius 1 is 1.41 bits per heavy atom. The molecular weight excluding hydrogens is 280 g/mol. The van der Waals surface area contributed by atoms with E-state index in [1.807, 2.05) is 18.0 Å². The van der Waals surface area contributed by atoms with Gasteiger partial charge in [0, 0.05) is 19.3 Å². The van der Waals surface area contributed by atoms with Crippen LogP contribution in [0.3, 0.4) is 0 Å². The fourth-order valence-electron chi connectivity index (χ4n) is 2.37. The molecule has 17 heavy (non-hydrogen) atoms. The highest BCUT2D eigenvalue weighted by Crippen LogP contribution is 2.24. The van der Waals surface area contributed by atoms with Crippen LogP contribution in [0.1, 0.15) is 42.5 Å². The van der Waals surface area contributed by atoms with Crippen molar-refractivity contribution in [1.82, 2.24) is 9.88 Å². The van der Waals surface area contributed by atoms with Crippen molar-refractivity contribution in [2.24, 2.45) is 0 Å². The topological polar surface area (TPSA) is 33.2 Å². The van der Waals surface area contributed by atoms with Gasteiger partial charge >= 0.3 is 0 Å². The van der Waals surface area contributed by atoms with Crippen molar-refractivity contribution >= 4 is 21.8 Å². The molecule has 92 valence electrons. The third-order valence-corrected chi connectivity index (χ3v) is 4.06. The molecule has 0 spiro atoms. The Bertz CT molecular complexity index is 402. The molecule has 1 saturated carbocycles. The van der Waals surface area contributed by atoms with E-state index < -0.39 is 0 Å². The van der Waals surface area contributed by atoms with Crippen molar-refractivity contribution in [3.05, 3.63) is 28.5 Å². The lowest BCUT2D eigenvalue weighted by Crippen LogP contribution is -2.38. The fourth-order valence-corrected chi connectivity index (χ4v) is 2.79. The summed E-state index contributed by atoms with van der Waals surface area (Å²) in [7, 11) is 1.90. The highest BCUT2D eigenvalue weighted by Gasteiger charge is 2.24. The molecule has 0 N–H and O–H groups in total. The predicted octanol–water partition coefficient (Wildman–Crippen LogP) is 3.25. The Labute approximate surface area is 110 Å². The Hall–Kier alpha value is -0.900. The van der Waals surface area contributed by atoms with Crippen LogP contribution in [0.4, 0.5) is 0 Å². The average molecular weight is 297 g/mol. The third kappa shape index (κ3) is 2.86. The maximum atomic E-state index is 12.3. The minimum Gasteiger partial charge on any atom is -0.339 e. The zero-order valence-electron chi connectivity index (χ0n) is 10.0. The van der Waals surface area contributed by atoms with Gasteiger partial charge < -0.3 is 4.90 Å². The summed E-state index contributed by atoms with van der Waals surface area (Å²) in [4.78, 5) is 18.3. The van der Waals surface area contributed by atoms with Crippen LogP contribution in [0.2, 0.25) is 0 Å².